The molecule has 1 heterocycles. The number of halogens is 1. The molecule has 1 aliphatic carbocycles. The third-order valence-corrected chi connectivity index (χ3v) is 5.84. The standard InChI is InChI=1S/C24H30FN5.CH4/c1-30(2)23-21-8-3-4-9-22(21)28-24(29-23)27-20-12-10-17(11-13-20)15-26-16-18-6-5-7-19(25)14-18;/h3-9,14,17,20,26H,10-13,15-16H2,1-2H3,(H,27,28,29);1H4. The fraction of sp³-hybridized carbons (Fsp3) is 0.440. The Bertz CT molecular complexity index is 983. The summed E-state index contributed by atoms with van der Waals surface area (Å²) in [6, 6.07) is 15.4. The summed E-state index contributed by atoms with van der Waals surface area (Å²) in [5.41, 5.74) is 1.96. The topological polar surface area (TPSA) is 53.1 Å². The van der Waals surface area contributed by atoms with E-state index in [9.17, 15) is 4.39 Å². The Labute approximate surface area is 185 Å². The summed E-state index contributed by atoms with van der Waals surface area (Å²) >= 11 is 0. The molecule has 0 unspecified atom stereocenters. The molecular formula is C25H34FN5. The fourth-order valence-electron chi connectivity index (χ4n) is 4.23. The maximum Gasteiger partial charge on any atom is 0.225 e. The van der Waals surface area contributed by atoms with Gasteiger partial charge in [0.05, 0.1) is 5.52 Å². The number of rotatable bonds is 7. The zero-order valence-electron chi connectivity index (χ0n) is 17.7. The molecule has 166 valence electrons. The number of nitrogens with zero attached hydrogens (tertiary/aromatic N) is 3. The Hall–Kier alpha value is -2.73. The van der Waals surface area contributed by atoms with E-state index in [-0.39, 0.29) is 13.2 Å². The van der Waals surface area contributed by atoms with Gasteiger partial charge in [0.2, 0.25) is 5.95 Å². The largest absolute Gasteiger partial charge is 0.362 e. The lowest BCUT2D eigenvalue weighted by Gasteiger charge is -2.29. The van der Waals surface area contributed by atoms with E-state index >= 15 is 0 Å². The van der Waals surface area contributed by atoms with E-state index in [0.717, 1.165) is 41.7 Å². The Morgan fingerprint density at radius 2 is 1.77 bits per heavy atom. The number of hydrogen-bond acceptors (Lipinski definition) is 5. The van der Waals surface area contributed by atoms with Crippen LogP contribution < -0.4 is 15.5 Å². The first-order chi connectivity index (χ1) is 14.6. The van der Waals surface area contributed by atoms with Crippen LogP contribution in [0.25, 0.3) is 10.9 Å². The van der Waals surface area contributed by atoms with Gasteiger partial charge in [-0.05, 0) is 68.0 Å². The first kappa shape index (κ1) is 22.9. The lowest BCUT2D eigenvalue weighted by molar-refractivity contribution is 0.323. The molecule has 6 heteroatoms. The van der Waals surface area contributed by atoms with Crippen LogP contribution in [0.2, 0.25) is 0 Å². The van der Waals surface area contributed by atoms with Crippen molar-refractivity contribution in [2.75, 3.05) is 30.9 Å². The van der Waals surface area contributed by atoms with Gasteiger partial charge in [-0.2, -0.15) is 4.98 Å². The molecule has 1 fully saturated rings. The quantitative estimate of drug-likeness (QED) is 0.545. The van der Waals surface area contributed by atoms with Gasteiger partial charge in [0, 0.05) is 32.1 Å². The van der Waals surface area contributed by atoms with Crippen LogP contribution in [0, 0.1) is 11.7 Å². The van der Waals surface area contributed by atoms with Crippen LogP contribution in [0.5, 0.6) is 0 Å². The predicted octanol–water partition coefficient (Wildman–Crippen LogP) is 5.23. The lowest BCUT2D eigenvalue weighted by Crippen LogP contribution is -2.31. The molecule has 0 aliphatic heterocycles. The Kier molecular flexibility index (Phi) is 7.80. The third kappa shape index (κ3) is 5.91. The average molecular weight is 424 g/mol. The summed E-state index contributed by atoms with van der Waals surface area (Å²) in [6.45, 7) is 1.69. The lowest BCUT2D eigenvalue weighted by atomic mass is 9.86. The zero-order valence-corrected chi connectivity index (χ0v) is 17.7. The van der Waals surface area contributed by atoms with E-state index in [1.165, 1.54) is 18.9 Å². The molecule has 4 rings (SSSR count). The third-order valence-electron chi connectivity index (χ3n) is 5.84. The monoisotopic (exact) mass is 423 g/mol. The molecule has 1 aromatic heterocycles. The van der Waals surface area contributed by atoms with Crippen molar-refractivity contribution < 1.29 is 4.39 Å². The van der Waals surface area contributed by atoms with Crippen molar-refractivity contribution >= 4 is 22.7 Å². The van der Waals surface area contributed by atoms with Crippen LogP contribution in [0.4, 0.5) is 16.2 Å². The highest BCUT2D eigenvalue weighted by molar-refractivity contribution is 5.90. The van der Waals surface area contributed by atoms with Crippen molar-refractivity contribution in [1.29, 1.82) is 0 Å². The van der Waals surface area contributed by atoms with Crippen molar-refractivity contribution in [2.24, 2.45) is 5.92 Å². The zero-order chi connectivity index (χ0) is 20.9. The van der Waals surface area contributed by atoms with Crippen LogP contribution in [0.3, 0.4) is 0 Å². The summed E-state index contributed by atoms with van der Waals surface area (Å²) in [7, 11) is 4.03. The molecule has 1 saturated carbocycles. The molecule has 0 amide bonds. The van der Waals surface area contributed by atoms with Crippen LogP contribution in [0.1, 0.15) is 38.7 Å². The minimum atomic E-state index is -0.172. The van der Waals surface area contributed by atoms with Crippen molar-refractivity contribution in [3.8, 4) is 0 Å². The second-order valence-corrected chi connectivity index (χ2v) is 8.41. The van der Waals surface area contributed by atoms with Crippen LogP contribution in [0.15, 0.2) is 48.5 Å². The van der Waals surface area contributed by atoms with E-state index in [1.54, 1.807) is 12.1 Å². The summed E-state index contributed by atoms with van der Waals surface area (Å²) < 4.78 is 13.3. The van der Waals surface area contributed by atoms with Gasteiger partial charge < -0.3 is 15.5 Å². The maximum absolute atomic E-state index is 13.3. The highest BCUT2D eigenvalue weighted by Gasteiger charge is 2.22. The van der Waals surface area contributed by atoms with Gasteiger partial charge in [-0.25, -0.2) is 9.37 Å². The van der Waals surface area contributed by atoms with Crippen molar-refractivity contribution in [3.05, 3.63) is 59.9 Å². The SMILES string of the molecule is C.CN(C)c1nc(NC2CCC(CNCc3cccc(F)c3)CC2)nc2ccccc12. The predicted molar refractivity (Wildman–Crippen MR) is 128 cm³/mol. The molecule has 0 spiro atoms. The Morgan fingerprint density at radius 3 is 2.52 bits per heavy atom. The number of hydrogen-bond donors (Lipinski definition) is 2. The Balaban J connectivity index is 0.00000272. The number of para-hydroxylation sites is 1. The van der Waals surface area contributed by atoms with Gasteiger partial charge in [-0.1, -0.05) is 31.7 Å². The average Bonchev–Trinajstić information content (AvgIpc) is 2.74. The molecule has 31 heavy (non-hydrogen) atoms. The summed E-state index contributed by atoms with van der Waals surface area (Å²) in [4.78, 5) is 11.5. The van der Waals surface area contributed by atoms with Crippen LogP contribution in [-0.4, -0.2) is 36.6 Å². The van der Waals surface area contributed by atoms with Gasteiger partial charge in [-0.3, -0.25) is 0 Å². The molecule has 0 saturated heterocycles. The summed E-state index contributed by atoms with van der Waals surface area (Å²) in [6.07, 6.45) is 4.56. The van der Waals surface area contributed by atoms with Gasteiger partial charge in [0.15, 0.2) is 0 Å². The highest BCUT2D eigenvalue weighted by Crippen LogP contribution is 2.28. The van der Waals surface area contributed by atoms with Crippen molar-refractivity contribution in [1.82, 2.24) is 15.3 Å². The van der Waals surface area contributed by atoms with E-state index in [0.29, 0.717) is 24.5 Å². The molecule has 2 N–H and O–H groups in total. The number of anilines is 2. The van der Waals surface area contributed by atoms with Gasteiger partial charge in [-0.15, -0.1) is 0 Å². The molecule has 1 aliphatic rings. The van der Waals surface area contributed by atoms with Crippen LogP contribution in [-0.2, 0) is 6.54 Å². The van der Waals surface area contributed by atoms with E-state index < -0.39 is 0 Å². The second kappa shape index (κ2) is 10.5. The van der Waals surface area contributed by atoms with Crippen molar-refractivity contribution in [3.63, 3.8) is 0 Å². The number of benzene rings is 2. The normalized spacial score (nSPS) is 18.4. The molecule has 0 atom stereocenters. The van der Waals surface area contributed by atoms with E-state index in [4.69, 9.17) is 9.97 Å². The maximum atomic E-state index is 13.3. The highest BCUT2D eigenvalue weighted by atomic mass is 19.1. The minimum absolute atomic E-state index is 0. The minimum Gasteiger partial charge on any atom is -0.362 e. The molecular weight excluding hydrogens is 389 g/mol. The van der Waals surface area contributed by atoms with Crippen LogP contribution >= 0.6 is 0 Å². The summed E-state index contributed by atoms with van der Waals surface area (Å²) in [5.74, 6) is 2.14. The van der Waals surface area contributed by atoms with Gasteiger partial charge >= 0.3 is 0 Å². The molecule has 5 nitrogen and oxygen atoms in total. The second-order valence-electron chi connectivity index (χ2n) is 8.41. The number of aromatic nitrogens is 2. The molecule has 0 radical (unpaired) electrons. The number of fused-ring (bicyclic) bond motifs is 1. The molecule has 0 bridgehead atoms. The fourth-order valence-corrected chi connectivity index (χ4v) is 4.23. The molecule has 3 aromatic rings. The van der Waals surface area contributed by atoms with E-state index in [1.807, 2.05) is 43.3 Å². The first-order valence-electron chi connectivity index (χ1n) is 10.7. The Morgan fingerprint density at radius 1 is 1.00 bits per heavy atom. The van der Waals surface area contributed by atoms with Crippen molar-refractivity contribution in [2.45, 2.75) is 45.7 Å². The van der Waals surface area contributed by atoms with Gasteiger partial charge in [0.1, 0.15) is 11.6 Å². The van der Waals surface area contributed by atoms with Gasteiger partial charge in [0.25, 0.3) is 0 Å². The number of nitrogens with one attached hydrogen (secondary N) is 2. The van der Waals surface area contributed by atoms with E-state index in [2.05, 4.69) is 16.7 Å². The first-order valence-corrected chi connectivity index (χ1v) is 10.7. The summed E-state index contributed by atoms with van der Waals surface area (Å²) in [5, 5.41) is 8.12. The smallest absolute Gasteiger partial charge is 0.225 e. The molecule has 2 aromatic carbocycles.